The molecule has 2 aromatic carbocycles. The van der Waals surface area contributed by atoms with Crippen molar-refractivity contribution >= 4 is 28.8 Å². The monoisotopic (exact) mass is 433 g/mol. The molecule has 3 aromatic rings. The van der Waals surface area contributed by atoms with Gasteiger partial charge in [0, 0.05) is 18.5 Å². The van der Waals surface area contributed by atoms with E-state index in [-0.39, 0.29) is 12.5 Å². The van der Waals surface area contributed by atoms with Crippen molar-refractivity contribution in [2.75, 3.05) is 13.1 Å². The maximum atomic E-state index is 13.2. The quantitative estimate of drug-likeness (QED) is 0.572. The topological polar surface area (TPSA) is 82.9 Å². The summed E-state index contributed by atoms with van der Waals surface area (Å²) in [5.41, 5.74) is 1.42. The number of urea groups is 1. The molecule has 1 unspecified atom stereocenters. The molecule has 0 spiro atoms. The fourth-order valence-corrected chi connectivity index (χ4v) is 3.95. The van der Waals surface area contributed by atoms with Gasteiger partial charge in [-0.15, -0.1) is 0 Å². The number of furan rings is 1. The minimum Gasteiger partial charge on any atom is -0.458 e. The maximum absolute atomic E-state index is 13.2. The van der Waals surface area contributed by atoms with Gasteiger partial charge in [-0.1, -0.05) is 55.0 Å². The first-order chi connectivity index (χ1) is 15.3. The maximum Gasteiger partial charge on any atom is 0.325 e. The summed E-state index contributed by atoms with van der Waals surface area (Å²) in [4.78, 5) is 41.7. The summed E-state index contributed by atoms with van der Waals surface area (Å²) >= 11 is 0. The summed E-state index contributed by atoms with van der Waals surface area (Å²) in [7, 11) is 0. The molecule has 1 aliphatic heterocycles. The SMILES string of the molecule is CCCN(Cc1ccc(C)cc1)C(=O)CN1C(=O)NC(C)(c2cc3ccccc3o2)C1=O. The number of para-hydroxylation sites is 1. The van der Waals surface area contributed by atoms with Gasteiger partial charge in [0.2, 0.25) is 5.91 Å². The van der Waals surface area contributed by atoms with Crippen LogP contribution < -0.4 is 5.32 Å². The van der Waals surface area contributed by atoms with Crippen molar-refractivity contribution < 1.29 is 18.8 Å². The van der Waals surface area contributed by atoms with Crippen LogP contribution in [0, 0.1) is 6.92 Å². The van der Waals surface area contributed by atoms with Crippen molar-refractivity contribution in [2.45, 2.75) is 39.3 Å². The average Bonchev–Trinajstić information content (AvgIpc) is 3.31. The first kappa shape index (κ1) is 21.6. The van der Waals surface area contributed by atoms with Crippen molar-refractivity contribution in [1.82, 2.24) is 15.1 Å². The zero-order valence-corrected chi connectivity index (χ0v) is 18.6. The van der Waals surface area contributed by atoms with E-state index in [9.17, 15) is 14.4 Å². The number of aryl methyl sites for hydroxylation is 1. The molecule has 166 valence electrons. The second-order valence-corrected chi connectivity index (χ2v) is 8.40. The number of imide groups is 1. The molecule has 2 heterocycles. The Morgan fingerprint density at radius 2 is 1.84 bits per heavy atom. The molecule has 1 aliphatic rings. The van der Waals surface area contributed by atoms with Crippen LogP contribution in [0.1, 0.15) is 37.2 Å². The predicted molar refractivity (Wildman–Crippen MR) is 121 cm³/mol. The highest BCUT2D eigenvalue weighted by molar-refractivity contribution is 6.09. The van der Waals surface area contributed by atoms with Crippen LogP contribution in [0.3, 0.4) is 0 Å². The highest BCUT2D eigenvalue weighted by Crippen LogP contribution is 2.33. The summed E-state index contributed by atoms with van der Waals surface area (Å²) in [5.74, 6) is -0.427. The van der Waals surface area contributed by atoms with Gasteiger partial charge in [-0.3, -0.25) is 14.5 Å². The van der Waals surface area contributed by atoms with Crippen LogP contribution in [0.25, 0.3) is 11.0 Å². The number of hydrogen-bond donors (Lipinski definition) is 1. The number of nitrogens with zero attached hydrogens (tertiary/aromatic N) is 2. The molecular formula is C25H27N3O4. The minimum atomic E-state index is -1.36. The standard InChI is InChI=1S/C25H27N3O4/c1-4-13-27(15-18-11-9-17(2)10-12-18)22(29)16-28-23(30)25(3,26-24(28)31)21-14-19-7-5-6-8-20(19)32-21/h5-12,14H,4,13,15-16H2,1-3H3,(H,26,31). The average molecular weight is 434 g/mol. The Hall–Kier alpha value is -3.61. The van der Waals surface area contributed by atoms with Crippen molar-refractivity contribution in [1.29, 1.82) is 0 Å². The van der Waals surface area contributed by atoms with Gasteiger partial charge in [-0.25, -0.2) is 4.79 Å². The summed E-state index contributed by atoms with van der Waals surface area (Å²) in [6.45, 7) is 6.25. The highest BCUT2D eigenvalue weighted by Gasteiger charge is 2.51. The summed E-state index contributed by atoms with van der Waals surface area (Å²) in [6, 6.07) is 16.5. The van der Waals surface area contributed by atoms with Crippen molar-refractivity contribution in [3.8, 4) is 0 Å². The minimum absolute atomic E-state index is 0.273. The molecule has 1 aromatic heterocycles. The lowest BCUT2D eigenvalue weighted by atomic mass is 9.99. The van der Waals surface area contributed by atoms with Gasteiger partial charge in [0.1, 0.15) is 17.9 Å². The third-order valence-electron chi connectivity index (χ3n) is 5.83. The number of carbonyl (C=O) groups is 3. The van der Waals surface area contributed by atoms with E-state index in [0.717, 1.165) is 27.8 Å². The fraction of sp³-hybridized carbons (Fsp3) is 0.320. The molecule has 1 N–H and O–H groups in total. The van der Waals surface area contributed by atoms with E-state index in [1.54, 1.807) is 24.0 Å². The Balaban J connectivity index is 1.52. The second-order valence-electron chi connectivity index (χ2n) is 8.40. The predicted octanol–water partition coefficient (Wildman–Crippen LogP) is 3.95. The van der Waals surface area contributed by atoms with Gasteiger partial charge in [0.05, 0.1) is 0 Å². The number of hydrogen-bond acceptors (Lipinski definition) is 4. The lowest BCUT2D eigenvalue weighted by Gasteiger charge is -2.25. The number of amides is 4. The molecule has 7 nitrogen and oxygen atoms in total. The van der Waals surface area contributed by atoms with Crippen LogP contribution in [-0.4, -0.2) is 40.7 Å². The van der Waals surface area contributed by atoms with E-state index in [0.29, 0.717) is 24.4 Å². The summed E-state index contributed by atoms with van der Waals surface area (Å²) in [5, 5.41) is 3.55. The van der Waals surface area contributed by atoms with E-state index in [4.69, 9.17) is 4.42 Å². The molecule has 0 aliphatic carbocycles. The number of rotatable bonds is 7. The van der Waals surface area contributed by atoms with Crippen molar-refractivity contribution in [3.63, 3.8) is 0 Å². The van der Waals surface area contributed by atoms with Gasteiger partial charge in [0.15, 0.2) is 5.54 Å². The molecule has 4 rings (SSSR count). The molecule has 1 saturated heterocycles. The summed E-state index contributed by atoms with van der Waals surface area (Å²) < 4.78 is 5.84. The smallest absolute Gasteiger partial charge is 0.325 e. The lowest BCUT2D eigenvalue weighted by molar-refractivity contribution is -0.139. The molecule has 1 atom stereocenters. The van der Waals surface area contributed by atoms with Gasteiger partial charge in [0.25, 0.3) is 5.91 Å². The number of nitrogens with one attached hydrogen (secondary N) is 1. The Morgan fingerprint density at radius 1 is 1.12 bits per heavy atom. The Bertz CT molecular complexity index is 1130. The molecule has 32 heavy (non-hydrogen) atoms. The summed E-state index contributed by atoms with van der Waals surface area (Å²) in [6.07, 6.45) is 0.772. The molecule has 0 saturated carbocycles. The Labute approximate surface area is 187 Å². The second kappa shape index (κ2) is 8.49. The third-order valence-corrected chi connectivity index (χ3v) is 5.83. The molecule has 7 heteroatoms. The van der Waals surface area contributed by atoms with E-state index in [1.807, 2.05) is 56.3 Å². The Kier molecular flexibility index (Phi) is 5.74. The largest absolute Gasteiger partial charge is 0.458 e. The zero-order valence-electron chi connectivity index (χ0n) is 18.6. The van der Waals surface area contributed by atoms with Crippen molar-refractivity contribution in [3.05, 3.63) is 71.5 Å². The van der Waals surface area contributed by atoms with E-state index < -0.39 is 17.5 Å². The highest BCUT2D eigenvalue weighted by atomic mass is 16.3. The lowest BCUT2D eigenvalue weighted by Crippen LogP contribution is -2.44. The van der Waals surface area contributed by atoms with E-state index >= 15 is 0 Å². The third kappa shape index (κ3) is 3.98. The molecule has 0 radical (unpaired) electrons. The van der Waals surface area contributed by atoms with Crippen LogP contribution in [0.4, 0.5) is 4.79 Å². The molecule has 1 fully saturated rings. The first-order valence-corrected chi connectivity index (χ1v) is 10.8. The van der Waals surface area contributed by atoms with Gasteiger partial charge < -0.3 is 14.6 Å². The van der Waals surface area contributed by atoms with Crippen LogP contribution in [0.5, 0.6) is 0 Å². The van der Waals surface area contributed by atoms with E-state index in [2.05, 4.69) is 5.32 Å². The van der Waals surface area contributed by atoms with Gasteiger partial charge >= 0.3 is 6.03 Å². The van der Waals surface area contributed by atoms with Crippen LogP contribution in [0.2, 0.25) is 0 Å². The molecular weight excluding hydrogens is 406 g/mol. The first-order valence-electron chi connectivity index (χ1n) is 10.8. The van der Waals surface area contributed by atoms with Crippen molar-refractivity contribution in [2.24, 2.45) is 0 Å². The fourth-order valence-electron chi connectivity index (χ4n) is 3.95. The zero-order chi connectivity index (χ0) is 22.9. The van der Waals surface area contributed by atoms with Gasteiger partial charge in [-0.05, 0) is 38.0 Å². The Morgan fingerprint density at radius 3 is 2.53 bits per heavy atom. The number of carbonyl (C=O) groups excluding carboxylic acids is 3. The molecule has 0 bridgehead atoms. The van der Waals surface area contributed by atoms with Crippen LogP contribution in [0.15, 0.2) is 59.0 Å². The normalized spacial score (nSPS) is 18.3. The number of fused-ring (bicyclic) bond motifs is 1. The van der Waals surface area contributed by atoms with E-state index in [1.165, 1.54) is 0 Å². The van der Waals surface area contributed by atoms with Crippen LogP contribution >= 0.6 is 0 Å². The number of benzene rings is 2. The van der Waals surface area contributed by atoms with Crippen LogP contribution in [-0.2, 0) is 21.7 Å². The molecule has 4 amide bonds. The van der Waals surface area contributed by atoms with Gasteiger partial charge in [-0.2, -0.15) is 0 Å².